The fourth-order valence-corrected chi connectivity index (χ4v) is 4.19. The molecule has 1 aromatic carbocycles. The van der Waals surface area contributed by atoms with Crippen LogP contribution in [0, 0.1) is 12.7 Å². The second kappa shape index (κ2) is 7.61. The molecule has 1 spiro atoms. The van der Waals surface area contributed by atoms with E-state index in [9.17, 15) is 27.2 Å². The summed E-state index contributed by atoms with van der Waals surface area (Å²) < 4.78 is 53.9. The van der Waals surface area contributed by atoms with Crippen molar-refractivity contribution in [3.05, 3.63) is 70.9 Å². The monoisotopic (exact) mass is 470 g/mol. The molecule has 34 heavy (non-hydrogen) atoms. The van der Waals surface area contributed by atoms with Crippen LogP contribution in [0.4, 0.5) is 29.1 Å². The number of aromatic nitrogens is 2. The van der Waals surface area contributed by atoms with Crippen molar-refractivity contribution in [1.29, 1.82) is 0 Å². The standard InChI is InChI=1S/C24H18F4N4O2/c1-12-17(24(26,27)28)9-16(11-29-12)31-20(33)8-14-3-2-13(7-19(14)25)15-6-18-21(30-10-15)32-22(34)23(18)4-5-23/h2-3,6-7,9-11H,4-5,8H2,1H3,(H,31,33)(H,30,32,34). The van der Waals surface area contributed by atoms with E-state index >= 15 is 0 Å². The SMILES string of the molecule is Cc1ncc(NC(=O)Cc2ccc(-c3cnc4c(c3)C3(CC3)C(=O)N4)cc2F)cc1C(F)(F)F. The summed E-state index contributed by atoms with van der Waals surface area (Å²) in [6.07, 6.45) is -0.806. The summed E-state index contributed by atoms with van der Waals surface area (Å²) in [5.74, 6) is -0.850. The zero-order valence-corrected chi connectivity index (χ0v) is 17.9. The summed E-state index contributed by atoms with van der Waals surface area (Å²) in [5, 5.41) is 5.11. The number of halogens is 4. The topological polar surface area (TPSA) is 84.0 Å². The number of carbonyl (C=O) groups is 2. The number of rotatable bonds is 4. The van der Waals surface area contributed by atoms with Gasteiger partial charge in [0.1, 0.15) is 11.6 Å². The van der Waals surface area contributed by atoms with E-state index in [1.54, 1.807) is 12.3 Å². The number of hydrogen-bond donors (Lipinski definition) is 2. The zero-order chi connectivity index (χ0) is 24.3. The number of aryl methyl sites for hydroxylation is 1. The molecule has 0 saturated heterocycles. The van der Waals surface area contributed by atoms with Crippen LogP contribution in [0.15, 0.2) is 42.7 Å². The fourth-order valence-electron chi connectivity index (χ4n) is 4.19. The van der Waals surface area contributed by atoms with Gasteiger partial charge in [0.25, 0.3) is 0 Å². The Bertz CT molecular complexity index is 1350. The van der Waals surface area contributed by atoms with E-state index in [0.29, 0.717) is 16.9 Å². The van der Waals surface area contributed by atoms with Crippen molar-refractivity contribution in [3.8, 4) is 11.1 Å². The Kier molecular flexibility index (Phi) is 4.92. The van der Waals surface area contributed by atoms with Gasteiger partial charge >= 0.3 is 6.18 Å². The van der Waals surface area contributed by atoms with Crippen molar-refractivity contribution < 1.29 is 27.2 Å². The van der Waals surface area contributed by atoms with E-state index in [1.807, 2.05) is 6.07 Å². The van der Waals surface area contributed by atoms with E-state index in [-0.39, 0.29) is 29.3 Å². The van der Waals surface area contributed by atoms with Gasteiger partial charge in [-0.15, -0.1) is 0 Å². The summed E-state index contributed by atoms with van der Waals surface area (Å²) in [4.78, 5) is 32.5. The molecule has 2 N–H and O–H groups in total. The number of benzene rings is 1. The molecule has 0 bridgehead atoms. The molecule has 3 aromatic rings. The maximum Gasteiger partial charge on any atom is 0.418 e. The molecule has 1 fully saturated rings. The Morgan fingerprint density at radius 2 is 1.88 bits per heavy atom. The fraction of sp³-hybridized carbons (Fsp3) is 0.250. The third-order valence-electron chi connectivity index (χ3n) is 6.23. The van der Waals surface area contributed by atoms with E-state index in [0.717, 1.165) is 30.7 Å². The summed E-state index contributed by atoms with van der Waals surface area (Å²) in [7, 11) is 0. The summed E-state index contributed by atoms with van der Waals surface area (Å²) in [5.41, 5.74) is 0.263. The first kappa shape index (κ1) is 22.0. The largest absolute Gasteiger partial charge is 0.418 e. The lowest BCUT2D eigenvalue weighted by Gasteiger charge is -2.12. The first-order valence-electron chi connectivity index (χ1n) is 10.5. The second-order valence-corrected chi connectivity index (χ2v) is 8.54. The molecule has 174 valence electrons. The van der Waals surface area contributed by atoms with Crippen LogP contribution in [0.2, 0.25) is 0 Å². The van der Waals surface area contributed by atoms with Crippen molar-refractivity contribution in [2.75, 3.05) is 10.6 Å². The predicted octanol–water partition coefficient (Wildman–Crippen LogP) is 4.77. The van der Waals surface area contributed by atoms with Gasteiger partial charge in [-0.05, 0) is 49.1 Å². The predicted molar refractivity (Wildman–Crippen MR) is 115 cm³/mol. The van der Waals surface area contributed by atoms with Crippen LogP contribution in [-0.2, 0) is 27.6 Å². The van der Waals surface area contributed by atoms with E-state index in [4.69, 9.17) is 0 Å². The van der Waals surface area contributed by atoms with Gasteiger partial charge in [-0.25, -0.2) is 9.37 Å². The maximum absolute atomic E-state index is 14.8. The molecule has 0 radical (unpaired) electrons. The number of carbonyl (C=O) groups excluding carboxylic acids is 2. The Labute approximate surface area is 191 Å². The summed E-state index contributed by atoms with van der Waals surface area (Å²) in [6.45, 7) is 1.22. The van der Waals surface area contributed by atoms with Crippen LogP contribution in [0.1, 0.15) is 35.2 Å². The van der Waals surface area contributed by atoms with Gasteiger partial charge in [0.2, 0.25) is 11.8 Å². The van der Waals surface area contributed by atoms with Crippen molar-refractivity contribution in [2.24, 2.45) is 0 Å². The highest BCUT2D eigenvalue weighted by Crippen LogP contribution is 2.55. The zero-order valence-electron chi connectivity index (χ0n) is 17.9. The molecule has 10 heteroatoms. The van der Waals surface area contributed by atoms with E-state index in [2.05, 4.69) is 20.6 Å². The number of hydrogen-bond acceptors (Lipinski definition) is 4. The molecule has 1 saturated carbocycles. The molecular weight excluding hydrogens is 452 g/mol. The molecule has 1 aliphatic heterocycles. The van der Waals surface area contributed by atoms with Gasteiger partial charge in [-0.2, -0.15) is 13.2 Å². The molecule has 2 aliphatic rings. The number of pyridine rings is 2. The first-order valence-corrected chi connectivity index (χ1v) is 10.5. The van der Waals surface area contributed by atoms with Crippen LogP contribution in [0.25, 0.3) is 11.1 Å². The van der Waals surface area contributed by atoms with Gasteiger partial charge in [0, 0.05) is 23.0 Å². The van der Waals surface area contributed by atoms with E-state index < -0.39 is 28.9 Å². The normalized spacial score (nSPS) is 15.7. The lowest BCUT2D eigenvalue weighted by Crippen LogP contribution is -2.18. The highest BCUT2D eigenvalue weighted by molar-refractivity contribution is 6.07. The Morgan fingerprint density at radius 3 is 2.56 bits per heavy atom. The molecular formula is C24H18F4N4O2. The molecule has 3 heterocycles. The average Bonchev–Trinajstić information content (AvgIpc) is 3.53. The Morgan fingerprint density at radius 1 is 1.12 bits per heavy atom. The summed E-state index contributed by atoms with van der Waals surface area (Å²) >= 11 is 0. The molecule has 2 aromatic heterocycles. The third-order valence-corrected chi connectivity index (χ3v) is 6.23. The average molecular weight is 470 g/mol. The minimum atomic E-state index is -4.60. The molecule has 6 nitrogen and oxygen atoms in total. The summed E-state index contributed by atoms with van der Waals surface area (Å²) in [6, 6.07) is 6.98. The van der Waals surface area contributed by atoms with Gasteiger partial charge in [0.05, 0.1) is 29.3 Å². The van der Waals surface area contributed by atoms with Crippen molar-refractivity contribution in [1.82, 2.24) is 9.97 Å². The quantitative estimate of drug-likeness (QED) is 0.538. The van der Waals surface area contributed by atoms with Gasteiger partial charge in [-0.1, -0.05) is 12.1 Å². The lowest BCUT2D eigenvalue weighted by atomic mass is 9.95. The van der Waals surface area contributed by atoms with Crippen molar-refractivity contribution in [3.63, 3.8) is 0 Å². The van der Waals surface area contributed by atoms with Gasteiger partial charge < -0.3 is 10.6 Å². The number of alkyl halides is 3. The lowest BCUT2D eigenvalue weighted by molar-refractivity contribution is -0.138. The Hall–Kier alpha value is -3.82. The smallest absolute Gasteiger partial charge is 0.324 e. The van der Waals surface area contributed by atoms with Crippen LogP contribution in [-0.4, -0.2) is 21.8 Å². The second-order valence-electron chi connectivity index (χ2n) is 8.54. The maximum atomic E-state index is 14.8. The van der Waals surface area contributed by atoms with Crippen LogP contribution >= 0.6 is 0 Å². The number of nitrogens with zero attached hydrogens (tertiary/aromatic N) is 2. The van der Waals surface area contributed by atoms with Crippen LogP contribution < -0.4 is 10.6 Å². The molecule has 0 unspecified atom stereocenters. The number of anilines is 2. The van der Waals surface area contributed by atoms with Crippen molar-refractivity contribution in [2.45, 2.75) is 37.8 Å². The highest BCUT2D eigenvalue weighted by atomic mass is 19.4. The van der Waals surface area contributed by atoms with Gasteiger partial charge in [-0.3, -0.25) is 14.6 Å². The van der Waals surface area contributed by atoms with Crippen LogP contribution in [0.5, 0.6) is 0 Å². The number of nitrogens with one attached hydrogen (secondary N) is 2. The molecule has 2 amide bonds. The number of fused-ring (bicyclic) bond motifs is 2. The Balaban J connectivity index is 1.32. The number of amides is 2. The minimum Gasteiger partial charge on any atom is -0.324 e. The minimum absolute atomic E-state index is 0.0641. The van der Waals surface area contributed by atoms with Crippen LogP contribution in [0.3, 0.4) is 0 Å². The first-order chi connectivity index (χ1) is 16.1. The van der Waals surface area contributed by atoms with Gasteiger partial charge in [0.15, 0.2) is 0 Å². The van der Waals surface area contributed by atoms with Crippen molar-refractivity contribution >= 4 is 23.3 Å². The molecule has 5 rings (SSSR count). The highest BCUT2D eigenvalue weighted by Gasteiger charge is 2.56. The van der Waals surface area contributed by atoms with E-state index in [1.165, 1.54) is 19.1 Å². The molecule has 0 atom stereocenters. The molecule has 1 aliphatic carbocycles. The third kappa shape index (κ3) is 3.78.